The molecule has 0 spiro atoms. The lowest BCUT2D eigenvalue weighted by Crippen LogP contribution is -2.49. The quantitative estimate of drug-likeness (QED) is 0.608. The van der Waals surface area contributed by atoms with E-state index in [4.69, 9.17) is 0 Å². The maximum atomic E-state index is 11.8. The summed E-state index contributed by atoms with van der Waals surface area (Å²) in [5.74, 6) is 0.698. The molecule has 1 aliphatic heterocycles. The molecule has 0 radical (unpaired) electrons. The monoisotopic (exact) mass is 318 g/mol. The number of carbonyl (C=O) groups is 1. The van der Waals surface area contributed by atoms with E-state index < -0.39 is 10.0 Å². The minimum absolute atomic E-state index is 0.151. The zero-order valence-corrected chi connectivity index (χ0v) is 14.5. The van der Waals surface area contributed by atoms with Gasteiger partial charge in [0.1, 0.15) is 5.78 Å². The minimum Gasteiger partial charge on any atom is -0.301 e. The maximum Gasteiger partial charge on any atom is 0.213 e. The number of hydrogen-bond acceptors (Lipinski definition) is 4. The van der Waals surface area contributed by atoms with Crippen LogP contribution in [0, 0.1) is 5.92 Å². The molecular formula is C15H30N2O3S. The molecule has 0 aromatic heterocycles. The van der Waals surface area contributed by atoms with Crippen molar-refractivity contribution in [3.63, 3.8) is 0 Å². The summed E-state index contributed by atoms with van der Waals surface area (Å²) in [6.45, 7) is 9.48. The molecule has 21 heavy (non-hydrogen) atoms. The molecule has 1 rings (SSSR count). The van der Waals surface area contributed by atoms with E-state index in [9.17, 15) is 13.2 Å². The molecule has 0 aromatic rings. The first-order valence-electron chi connectivity index (χ1n) is 8.09. The van der Waals surface area contributed by atoms with Crippen LogP contribution < -0.4 is 0 Å². The van der Waals surface area contributed by atoms with Crippen molar-refractivity contribution in [2.45, 2.75) is 46.5 Å². The van der Waals surface area contributed by atoms with Gasteiger partial charge in [-0.2, -0.15) is 4.31 Å². The van der Waals surface area contributed by atoms with Gasteiger partial charge in [0.05, 0.1) is 5.75 Å². The number of hydrogen-bond donors (Lipinski definition) is 0. The number of ketones is 1. The van der Waals surface area contributed by atoms with E-state index in [1.54, 1.807) is 11.2 Å². The van der Waals surface area contributed by atoms with Crippen molar-refractivity contribution in [1.82, 2.24) is 9.21 Å². The van der Waals surface area contributed by atoms with Crippen LogP contribution in [0.15, 0.2) is 0 Å². The Hall–Kier alpha value is -0.460. The topological polar surface area (TPSA) is 57.7 Å². The second-order valence-corrected chi connectivity index (χ2v) is 8.33. The average molecular weight is 318 g/mol. The molecule has 1 heterocycles. The van der Waals surface area contributed by atoms with Gasteiger partial charge < -0.3 is 4.90 Å². The predicted octanol–water partition coefficient (Wildman–Crippen LogP) is 1.74. The van der Waals surface area contributed by atoms with Gasteiger partial charge in [0.25, 0.3) is 0 Å². The highest BCUT2D eigenvalue weighted by Crippen LogP contribution is 2.10. The Kier molecular flexibility index (Phi) is 7.84. The molecule has 0 N–H and O–H groups in total. The fraction of sp³-hybridized carbons (Fsp3) is 0.933. The van der Waals surface area contributed by atoms with Gasteiger partial charge in [-0.05, 0) is 26.3 Å². The van der Waals surface area contributed by atoms with Crippen molar-refractivity contribution in [1.29, 1.82) is 0 Å². The lowest BCUT2D eigenvalue weighted by molar-refractivity contribution is -0.122. The number of sulfonamides is 1. The summed E-state index contributed by atoms with van der Waals surface area (Å²) < 4.78 is 25.1. The van der Waals surface area contributed by atoms with Crippen LogP contribution in [-0.4, -0.2) is 61.9 Å². The van der Waals surface area contributed by atoms with Crippen LogP contribution in [0.5, 0.6) is 0 Å². The zero-order valence-electron chi connectivity index (χ0n) is 13.7. The predicted molar refractivity (Wildman–Crippen MR) is 85.8 cm³/mol. The van der Waals surface area contributed by atoms with E-state index >= 15 is 0 Å². The van der Waals surface area contributed by atoms with Crippen molar-refractivity contribution in [2.24, 2.45) is 5.92 Å². The van der Waals surface area contributed by atoms with Gasteiger partial charge >= 0.3 is 0 Å². The molecule has 124 valence electrons. The molecule has 0 unspecified atom stereocenters. The Morgan fingerprint density at radius 3 is 2.19 bits per heavy atom. The third-order valence-corrected chi connectivity index (χ3v) is 6.01. The van der Waals surface area contributed by atoms with Crippen LogP contribution in [0.25, 0.3) is 0 Å². The molecular weight excluding hydrogens is 288 g/mol. The summed E-state index contributed by atoms with van der Waals surface area (Å²) in [5, 5.41) is 0. The Labute approximate surface area is 129 Å². The number of unbranched alkanes of at least 4 members (excludes halogenated alkanes) is 2. The van der Waals surface area contributed by atoms with Gasteiger partial charge in [0, 0.05) is 38.5 Å². The molecule has 0 atom stereocenters. The van der Waals surface area contributed by atoms with E-state index in [1.165, 1.54) is 0 Å². The number of piperazine rings is 1. The van der Waals surface area contributed by atoms with E-state index in [2.05, 4.69) is 4.90 Å². The standard InChI is InChI=1S/C15H30N2O3S/c1-4-21(19,20)17-12-10-16(11-13-17)9-7-5-6-8-15(18)14(2)3/h14H,4-13H2,1-3H3. The molecule has 6 heteroatoms. The van der Waals surface area contributed by atoms with Gasteiger partial charge in [-0.1, -0.05) is 20.3 Å². The first-order chi connectivity index (χ1) is 9.86. The third-order valence-electron chi connectivity index (χ3n) is 4.13. The van der Waals surface area contributed by atoms with Crippen molar-refractivity contribution >= 4 is 15.8 Å². The summed E-state index contributed by atoms with van der Waals surface area (Å²) in [6.07, 6.45) is 3.83. The van der Waals surface area contributed by atoms with Gasteiger partial charge in [-0.3, -0.25) is 4.79 Å². The van der Waals surface area contributed by atoms with Gasteiger partial charge in [-0.25, -0.2) is 8.42 Å². The Morgan fingerprint density at radius 1 is 1.05 bits per heavy atom. The Balaban J connectivity index is 2.13. The molecule has 0 aliphatic carbocycles. The van der Waals surface area contributed by atoms with Crippen molar-refractivity contribution in [3.8, 4) is 0 Å². The Bertz CT molecular complexity index is 413. The number of nitrogens with zero attached hydrogens (tertiary/aromatic N) is 2. The third kappa shape index (κ3) is 6.45. The van der Waals surface area contributed by atoms with Crippen LogP contribution in [-0.2, 0) is 14.8 Å². The highest BCUT2D eigenvalue weighted by atomic mass is 32.2. The number of Topliss-reactive ketones (excluding diaryl/α,β-unsaturated/α-hetero) is 1. The molecule has 1 saturated heterocycles. The van der Waals surface area contributed by atoms with Crippen LogP contribution in [0.1, 0.15) is 46.5 Å². The molecule has 5 nitrogen and oxygen atoms in total. The normalized spacial score (nSPS) is 18.3. The fourth-order valence-electron chi connectivity index (χ4n) is 2.51. The second kappa shape index (κ2) is 8.86. The summed E-state index contributed by atoms with van der Waals surface area (Å²) in [5.41, 5.74) is 0. The second-order valence-electron chi connectivity index (χ2n) is 6.07. The zero-order chi connectivity index (χ0) is 15.9. The number of carbonyl (C=O) groups excluding carboxylic acids is 1. The smallest absolute Gasteiger partial charge is 0.213 e. The lowest BCUT2D eigenvalue weighted by Gasteiger charge is -2.33. The lowest BCUT2D eigenvalue weighted by atomic mass is 10.0. The van der Waals surface area contributed by atoms with Crippen molar-refractivity contribution < 1.29 is 13.2 Å². The first-order valence-corrected chi connectivity index (χ1v) is 9.70. The van der Waals surface area contributed by atoms with Crippen LogP contribution in [0.4, 0.5) is 0 Å². The molecule has 0 aromatic carbocycles. The largest absolute Gasteiger partial charge is 0.301 e. The van der Waals surface area contributed by atoms with Crippen LogP contribution in [0.3, 0.4) is 0 Å². The first kappa shape index (κ1) is 18.6. The van der Waals surface area contributed by atoms with Gasteiger partial charge in [0.15, 0.2) is 0 Å². The van der Waals surface area contributed by atoms with Crippen molar-refractivity contribution in [2.75, 3.05) is 38.5 Å². The molecule has 0 saturated carbocycles. The SMILES string of the molecule is CCS(=O)(=O)N1CCN(CCCCCC(=O)C(C)C)CC1. The van der Waals surface area contributed by atoms with E-state index in [1.807, 2.05) is 13.8 Å². The van der Waals surface area contributed by atoms with E-state index in [-0.39, 0.29) is 11.7 Å². The summed E-state index contributed by atoms with van der Waals surface area (Å²) in [7, 11) is -3.02. The average Bonchev–Trinajstić information content (AvgIpc) is 2.47. The fourth-order valence-corrected chi connectivity index (χ4v) is 3.60. The van der Waals surface area contributed by atoms with Gasteiger partial charge in [0.2, 0.25) is 10.0 Å². The minimum atomic E-state index is -3.02. The highest BCUT2D eigenvalue weighted by Gasteiger charge is 2.24. The number of rotatable bonds is 9. The summed E-state index contributed by atoms with van der Waals surface area (Å²) >= 11 is 0. The van der Waals surface area contributed by atoms with Gasteiger partial charge in [-0.15, -0.1) is 0 Å². The molecule has 0 bridgehead atoms. The van der Waals surface area contributed by atoms with E-state index in [0.29, 0.717) is 25.3 Å². The molecule has 1 fully saturated rings. The van der Waals surface area contributed by atoms with Crippen LogP contribution >= 0.6 is 0 Å². The molecule has 0 amide bonds. The van der Waals surface area contributed by atoms with Crippen LogP contribution in [0.2, 0.25) is 0 Å². The Morgan fingerprint density at radius 2 is 1.67 bits per heavy atom. The molecule has 1 aliphatic rings. The summed E-state index contributed by atoms with van der Waals surface area (Å²) in [4.78, 5) is 13.8. The summed E-state index contributed by atoms with van der Waals surface area (Å²) in [6, 6.07) is 0. The van der Waals surface area contributed by atoms with Crippen molar-refractivity contribution in [3.05, 3.63) is 0 Å². The van der Waals surface area contributed by atoms with E-state index in [0.717, 1.165) is 38.9 Å². The maximum absolute atomic E-state index is 11.8. The highest BCUT2D eigenvalue weighted by molar-refractivity contribution is 7.89.